The van der Waals surface area contributed by atoms with Gasteiger partial charge < -0.3 is 10.1 Å². The van der Waals surface area contributed by atoms with Gasteiger partial charge >= 0.3 is 0 Å². The molecule has 0 aromatic carbocycles. The smallest absolute Gasteiger partial charge is 0.125 e. The van der Waals surface area contributed by atoms with E-state index in [9.17, 15) is 0 Å². The van der Waals surface area contributed by atoms with Gasteiger partial charge in [0.1, 0.15) is 5.82 Å². The maximum absolute atomic E-state index is 5.40. The van der Waals surface area contributed by atoms with Gasteiger partial charge in [-0.1, -0.05) is 6.07 Å². The van der Waals surface area contributed by atoms with E-state index in [1.54, 1.807) is 0 Å². The van der Waals surface area contributed by atoms with Crippen LogP contribution in [0.3, 0.4) is 0 Å². The SMILES string of the molecule is Cc1ccc(NCCOC(C)C)nc1. The molecule has 0 spiro atoms. The third-order valence-corrected chi connectivity index (χ3v) is 1.77. The number of hydrogen-bond acceptors (Lipinski definition) is 3. The first kappa shape index (κ1) is 11.0. The molecule has 0 fully saturated rings. The van der Waals surface area contributed by atoms with E-state index in [1.165, 1.54) is 5.56 Å². The van der Waals surface area contributed by atoms with E-state index in [-0.39, 0.29) is 0 Å². The van der Waals surface area contributed by atoms with Crippen molar-refractivity contribution in [2.75, 3.05) is 18.5 Å². The lowest BCUT2D eigenvalue weighted by Crippen LogP contribution is -2.13. The quantitative estimate of drug-likeness (QED) is 0.730. The molecule has 0 unspecified atom stereocenters. The van der Waals surface area contributed by atoms with Crippen LogP contribution >= 0.6 is 0 Å². The maximum Gasteiger partial charge on any atom is 0.125 e. The molecule has 3 nitrogen and oxygen atoms in total. The zero-order valence-electron chi connectivity index (χ0n) is 9.08. The van der Waals surface area contributed by atoms with E-state index < -0.39 is 0 Å². The second-order valence-corrected chi connectivity index (χ2v) is 3.57. The van der Waals surface area contributed by atoms with Gasteiger partial charge in [-0.15, -0.1) is 0 Å². The minimum atomic E-state index is 0.294. The molecule has 0 bridgehead atoms. The standard InChI is InChI=1S/C11H18N2O/c1-9(2)14-7-6-12-11-5-4-10(3)8-13-11/h4-5,8-9H,6-7H2,1-3H3,(H,12,13). The number of nitrogens with one attached hydrogen (secondary N) is 1. The topological polar surface area (TPSA) is 34.1 Å². The summed E-state index contributed by atoms with van der Waals surface area (Å²) in [6.07, 6.45) is 2.15. The van der Waals surface area contributed by atoms with Crippen molar-refractivity contribution in [2.24, 2.45) is 0 Å². The Kier molecular flexibility index (Phi) is 4.40. The number of ether oxygens (including phenoxy) is 1. The molecule has 0 radical (unpaired) electrons. The van der Waals surface area contributed by atoms with Crippen LogP contribution in [-0.2, 0) is 4.74 Å². The number of rotatable bonds is 5. The first-order chi connectivity index (χ1) is 6.68. The highest BCUT2D eigenvalue weighted by Gasteiger charge is 1.94. The predicted octanol–water partition coefficient (Wildman–Crippen LogP) is 2.23. The number of anilines is 1. The van der Waals surface area contributed by atoms with Crippen LogP contribution in [0.1, 0.15) is 19.4 Å². The van der Waals surface area contributed by atoms with Crippen molar-refractivity contribution in [2.45, 2.75) is 26.9 Å². The summed E-state index contributed by atoms with van der Waals surface area (Å²) in [6, 6.07) is 4.02. The highest BCUT2D eigenvalue weighted by atomic mass is 16.5. The van der Waals surface area contributed by atoms with Crippen molar-refractivity contribution in [1.29, 1.82) is 0 Å². The zero-order chi connectivity index (χ0) is 10.4. The van der Waals surface area contributed by atoms with Gasteiger partial charge in [0.2, 0.25) is 0 Å². The van der Waals surface area contributed by atoms with Gasteiger partial charge in [0.15, 0.2) is 0 Å². The molecule has 1 aromatic rings. The maximum atomic E-state index is 5.40. The molecule has 0 saturated heterocycles. The summed E-state index contributed by atoms with van der Waals surface area (Å²) < 4.78 is 5.40. The van der Waals surface area contributed by atoms with E-state index in [2.05, 4.69) is 10.3 Å². The van der Waals surface area contributed by atoms with Crippen molar-refractivity contribution in [3.63, 3.8) is 0 Å². The van der Waals surface area contributed by atoms with Crippen LogP contribution in [0.25, 0.3) is 0 Å². The molecule has 0 aliphatic carbocycles. The predicted molar refractivity (Wildman–Crippen MR) is 58.6 cm³/mol. The summed E-state index contributed by atoms with van der Waals surface area (Å²) in [5, 5.41) is 3.19. The summed E-state index contributed by atoms with van der Waals surface area (Å²) in [5.41, 5.74) is 1.17. The fourth-order valence-electron chi connectivity index (χ4n) is 1.05. The second-order valence-electron chi connectivity index (χ2n) is 3.57. The van der Waals surface area contributed by atoms with Gasteiger partial charge in [-0.3, -0.25) is 0 Å². The lowest BCUT2D eigenvalue weighted by atomic mass is 10.3. The summed E-state index contributed by atoms with van der Waals surface area (Å²) in [6.45, 7) is 7.61. The lowest BCUT2D eigenvalue weighted by Gasteiger charge is -2.08. The third-order valence-electron chi connectivity index (χ3n) is 1.77. The van der Waals surface area contributed by atoms with Crippen molar-refractivity contribution in [3.8, 4) is 0 Å². The monoisotopic (exact) mass is 194 g/mol. The molecular formula is C11H18N2O. The summed E-state index contributed by atoms with van der Waals surface area (Å²) in [5.74, 6) is 0.906. The first-order valence-corrected chi connectivity index (χ1v) is 4.96. The first-order valence-electron chi connectivity index (χ1n) is 4.96. The van der Waals surface area contributed by atoms with Crippen molar-refractivity contribution < 1.29 is 4.74 Å². The largest absolute Gasteiger partial charge is 0.377 e. The molecule has 0 atom stereocenters. The van der Waals surface area contributed by atoms with Crippen LogP contribution in [0.15, 0.2) is 18.3 Å². The number of nitrogens with zero attached hydrogens (tertiary/aromatic N) is 1. The molecule has 14 heavy (non-hydrogen) atoms. The Bertz CT molecular complexity index is 256. The van der Waals surface area contributed by atoms with E-state index in [0.29, 0.717) is 12.7 Å². The molecule has 0 saturated carbocycles. The van der Waals surface area contributed by atoms with E-state index >= 15 is 0 Å². The number of aromatic nitrogens is 1. The van der Waals surface area contributed by atoms with Crippen LogP contribution < -0.4 is 5.32 Å². The molecule has 1 N–H and O–H groups in total. The Balaban J connectivity index is 2.21. The Morgan fingerprint density at radius 1 is 1.43 bits per heavy atom. The third kappa shape index (κ3) is 4.23. The van der Waals surface area contributed by atoms with Gasteiger partial charge in [0, 0.05) is 12.7 Å². The van der Waals surface area contributed by atoms with Gasteiger partial charge in [-0.25, -0.2) is 4.98 Å². The molecule has 78 valence electrons. The van der Waals surface area contributed by atoms with E-state index in [1.807, 2.05) is 39.1 Å². The fraction of sp³-hybridized carbons (Fsp3) is 0.545. The van der Waals surface area contributed by atoms with E-state index in [0.717, 1.165) is 12.4 Å². The Morgan fingerprint density at radius 3 is 2.79 bits per heavy atom. The fourth-order valence-corrected chi connectivity index (χ4v) is 1.05. The van der Waals surface area contributed by atoms with E-state index in [4.69, 9.17) is 4.74 Å². The lowest BCUT2D eigenvalue weighted by molar-refractivity contribution is 0.0870. The minimum absolute atomic E-state index is 0.294. The van der Waals surface area contributed by atoms with Crippen LogP contribution in [0.2, 0.25) is 0 Å². The minimum Gasteiger partial charge on any atom is -0.377 e. The number of aryl methyl sites for hydroxylation is 1. The molecular weight excluding hydrogens is 176 g/mol. The second kappa shape index (κ2) is 5.60. The van der Waals surface area contributed by atoms with Crippen LogP contribution in [-0.4, -0.2) is 24.2 Å². The molecule has 1 rings (SSSR count). The Morgan fingerprint density at radius 2 is 2.21 bits per heavy atom. The van der Waals surface area contributed by atoms with Crippen LogP contribution in [0, 0.1) is 6.92 Å². The van der Waals surface area contributed by atoms with Crippen molar-refractivity contribution in [3.05, 3.63) is 23.9 Å². The van der Waals surface area contributed by atoms with Crippen molar-refractivity contribution >= 4 is 5.82 Å². The summed E-state index contributed by atoms with van der Waals surface area (Å²) in [4.78, 5) is 4.23. The molecule has 0 amide bonds. The van der Waals surface area contributed by atoms with Crippen LogP contribution in [0.4, 0.5) is 5.82 Å². The average Bonchev–Trinajstić information content (AvgIpc) is 2.15. The summed E-state index contributed by atoms with van der Waals surface area (Å²) in [7, 11) is 0. The highest BCUT2D eigenvalue weighted by molar-refractivity contribution is 5.34. The molecule has 0 aliphatic heterocycles. The zero-order valence-corrected chi connectivity index (χ0v) is 9.08. The molecule has 1 aromatic heterocycles. The van der Waals surface area contributed by atoms with Crippen LogP contribution in [0.5, 0.6) is 0 Å². The normalized spacial score (nSPS) is 10.6. The summed E-state index contributed by atoms with van der Waals surface area (Å²) >= 11 is 0. The van der Waals surface area contributed by atoms with Crippen molar-refractivity contribution in [1.82, 2.24) is 4.98 Å². The van der Waals surface area contributed by atoms with Gasteiger partial charge in [0.25, 0.3) is 0 Å². The molecule has 3 heteroatoms. The highest BCUT2D eigenvalue weighted by Crippen LogP contribution is 2.02. The molecule has 1 heterocycles. The average molecular weight is 194 g/mol. The Hall–Kier alpha value is -1.09. The Labute approximate surface area is 85.5 Å². The number of pyridine rings is 1. The van der Waals surface area contributed by atoms with Gasteiger partial charge in [-0.05, 0) is 32.4 Å². The van der Waals surface area contributed by atoms with Gasteiger partial charge in [-0.2, -0.15) is 0 Å². The number of hydrogen-bond donors (Lipinski definition) is 1. The van der Waals surface area contributed by atoms with Gasteiger partial charge in [0.05, 0.1) is 12.7 Å². The molecule has 0 aliphatic rings.